The van der Waals surface area contributed by atoms with Crippen LogP contribution in [-0.2, 0) is 11.3 Å². The summed E-state index contributed by atoms with van der Waals surface area (Å²) in [5.41, 5.74) is 2.15. The minimum atomic E-state index is -0.443. The number of anilines is 1. The van der Waals surface area contributed by atoms with Gasteiger partial charge in [-0.3, -0.25) is 24.3 Å². The summed E-state index contributed by atoms with van der Waals surface area (Å²) in [6.07, 6.45) is 0. The van der Waals surface area contributed by atoms with Gasteiger partial charge in [0.15, 0.2) is 0 Å². The van der Waals surface area contributed by atoms with Crippen molar-refractivity contribution in [1.29, 1.82) is 0 Å². The van der Waals surface area contributed by atoms with Crippen molar-refractivity contribution in [3.05, 3.63) is 63.6 Å². The molecule has 2 aliphatic heterocycles. The van der Waals surface area contributed by atoms with E-state index >= 15 is 0 Å². The Morgan fingerprint density at radius 2 is 1.44 bits per heavy atom. The molecule has 2 heterocycles. The van der Waals surface area contributed by atoms with E-state index in [-0.39, 0.29) is 0 Å². The molecule has 2 aromatic rings. The number of halogens is 2. The zero-order valence-electron chi connectivity index (χ0n) is 14.7. The molecule has 5 nitrogen and oxygen atoms in total. The van der Waals surface area contributed by atoms with E-state index in [1.54, 1.807) is 17.0 Å². The van der Waals surface area contributed by atoms with Crippen LogP contribution >= 0.6 is 23.2 Å². The molecule has 0 spiro atoms. The fraction of sp³-hybridized carbons (Fsp3) is 0.300. The lowest BCUT2D eigenvalue weighted by molar-refractivity contribution is -0.114. The van der Waals surface area contributed by atoms with E-state index in [4.69, 9.17) is 23.2 Å². The van der Waals surface area contributed by atoms with Crippen molar-refractivity contribution in [2.75, 3.05) is 37.7 Å². The maximum Gasteiger partial charge on any atom is 0.300 e. The molecule has 4 rings (SSSR count). The molecule has 0 bridgehead atoms. The second-order valence-corrected chi connectivity index (χ2v) is 7.63. The second kappa shape index (κ2) is 7.60. The standard InChI is InChI=1S/C20H19Cl2N3O2/c21-16-5-3-6-17(22)15(16)12-23-8-10-24(11-9-23)13-25-18-7-2-1-4-14(18)19(26)20(25)27/h1-7H,8-13H2. The lowest BCUT2D eigenvalue weighted by Crippen LogP contribution is -2.50. The van der Waals surface area contributed by atoms with Crippen LogP contribution in [0.3, 0.4) is 0 Å². The maximum absolute atomic E-state index is 12.3. The summed E-state index contributed by atoms with van der Waals surface area (Å²) in [6.45, 7) is 4.45. The first kappa shape index (κ1) is 18.4. The number of hydrogen-bond donors (Lipinski definition) is 0. The minimum absolute atomic E-state index is 0.419. The van der Waals surface area contributed by atoms with Gasteiger partial charge in [0.2, 0.25) is 0 Å². The van der Waals surface area contributed by atoms with Crippen LogP contribution in [0.25, 0.3) is 0 Å². The van der Waals surface area contributed by atoms with Crippen molar-refractivity contribution < 1.29 is 9.59 Å². The quantitative estimate of drug-likeness (QED) is 0.734. The monoisotopic (exact) mass is 403 g/mol. The highest BCUT2D eigenvalue weighted by atomic mass is 35.5. The van der Waals surface area contributed by atoms with Crippen molar-refractivity contribution in [3.63, 3.8) is 0 Å². The zero-order chi connectivity index (χ0) is 19.0. The fourth-order valence-corrected chi connectivity index (χ4v) is 4.10. The number of Topliss-reactive ketones (excluding diaryl/α,β-unsaturated/α-hetero) is 1. The van der Waals surface area contributed by atoms with E-state index in [2.05, 4.69) is 9.80 Å². The molecular weight excluding hydrogens is 385 g/mol. The third-order valence-electron chi connectivity index (χ3n) is 5.13. The molecule has 0 aliphatic carbocycles. The summed E-state index contributed by atoms with van der Waals surface area (Å²) in [5.74, 6) is -0.862. The van der Waals surface area contributed by atoms with E-state index in [1.807, 2.05) is 30.3 Å². The molecule has 1 saturated heterocycles. The van der Waals surface area contributed by atoms with Gasteiger partial charge in [-0.05, 0) is 24.3 Å². The minimum Gasteiger partial charge on any atom is -0.296 e. The van der Waals surface area contributed by atoms with Crippen LogP contribution in [0.15, 0.2) is 42.5 Å². The number of para-hydroxylation sites is 1. The maximum atomic E-state index is 12.3. The lowest BCUT2D eigenvalue weighted by atomic mass is 10.1. The Bertz CT molecular complexity index is 874. The molecular formula is C20H19Cl2N3O2. The summed E-state index contributed by atoms with van der Waals surface area (Å²) in [4.78, 5) is 30.5. The molecule has 2 aliphatic rings. The van der Waals surface area contributed by atoms with Crippen LogP contribution < -0.4 is 4.90 Å². The Morgan fingerprint density at radius 3 is 2.15 bits per heavy atom. The van der Waals surface area contributed by atoms with Crippen LogP contribution in [0, 0.1) is 0 Å². The number of amides is 1. The van der Waals surface area contributed by atoms with Crippen LogP contribution in [-0.4, -0.2) is 54.3 Å². The number of fused-ring (bicyclic) bond motifs is 1. The predicted molar refractivity (Wildman–Crippen MR) is 106 cm³/mol. The number of rotatable bonds is 4. The molecule has 0 saturated carbocycles. The number of ketones is 1. The highest BCUT2D eigenvalue weighted by Gasteiger charge is 2.36. The summed E-state index contributed by atoms with van der Waals surface area (Å²) in [5, 5.41) is 1.37. The predicted octanol–water partition coefficient (Wildman–Crippen LogP) is 3.30. The van der Waals surface area contributed by atoms with Gasteiger partial charge >= 0.3 is 5.91 Å². The molecule has 2 aromatic carbocycles. The molecule has 1 fully saturated rings. The first-order chi connectivity index (χ1) is 13.0. The van der Waals surface area contributed by atoms with Gasteiger partial charge in [-0.2, -0.15) is 0 Å². The summed E-state index contributed by atoms with van der Waals surface area (Å²) in [6, 6.07) is 12.7. The number of piperazine rings is 1. The molecule has 0 aromatic heterocycles. The van der Waals surface area contributed by atoms with Crippen LogP contribution in [0.5, 0.6) is 0 Å². The van der Waals surface area contributed by atoms with Crippen molar-refractivity contribution >= 4 is 40.6 Å². The Labute approximate surface area is 168 Å². The highest BCUT2D eigenvalue weighted by Crippen LogP contribution is 2.29. The van der Waals surface area contributed by atoms with Crippen molar-refractivity contribution in [1.82, 2.24) is 9.80 Å². The lowest BCUT2D eigenvalue weighted by Gasteiger charge is -2.36. The largest absolute Gasteiger partial charge is 0.300 e. The fourth-order valence-electron chi connectivity index (χ4n) is 3.58. The molecule has 0 radical (unpaired) electrons. The second-order valence-electron chi connectivity index (χ2n) is 6.82. The van der Waals surface area contributed by atoms with Gasteiger partial charge in [-0.15, -0.1) is 0 Å². The van der Waals surface area contributed by atoms with Crippen molar-refractivity contribution in [2.45, 2.75) is 6.54 Å². The summed E-state index contributed by atoms with van der Waals surface area (Å²) >= 11 is 12.5. The first-order valence-corrected chi connectivity index (χ1v) is 9.63. The number of hydrogen-bond acceptors (Lipinski definition) is 4. The number of nitrogens with zero attached hydrogens (tertiary/aromatic N) is 3. The molecule has 1 amide bonds. The number of benzene rings is 2. The molecule has 7 heteroatoms. The van der Waals surface area contributed by atoms with E-state index < -0.39 is 11.7 Å². The molecule has 27 heavy (non-hydrogen) atoms. The molecule has 140 valence electrons. The third-order valence-corrected chi connectivity index (χ3v) is 5.84. The van der Waals surface area contributed by atoms with Crippen molar-refractivity contribution in [3.8, 4) is 0 Å². The van der Waals surface area contributed by atoms with Gasteiger partial charge in [-0.1, -0.05) is 41.4 Å². The van der Waals surface area contributed by atoms with Gasteiger partial charge < -0.3 is 0 Å². The number of carbonyl (C=O) groups is 2. The Balaban J connectivity index is 1.38. The first-order valence-electron chi connectivity index (χ1n) is 8.87. The van der Waals surface area contributed by atoms with E-state index in [0.717, 1.165) is 31.7 Å². The van der Waals surface area contributed by atoms with Gasteiger partial charge in [-0.25, -0.2) is 0 Å². The highest BCUT2D eigenvalue weighted by molar-refractivity contribution is 6.52. The average Bonchev–Trinajstić information content (AvgIpc) is 2.91. The van der Waals surface area contributed by atoms with Gasteiger partial charge in [0.05, 0.1) is 17.9 Å². The Kier molecular flexibility index (Phi) is 5.19. The van der Waals surface area contributed by atoms with Gasteiger partial charge in [0.1, 0.15) is 0 Å². The summed E-state index contributed by atoms with van der Waals surface area (Å²) < 4.78 is 0. The summed E-state index contributed by atoms with van der Waals surface area (Å²) in [7, 11) is 0. The molecule has 0 N–H and O–H groups in total. The zero-order valence-corrected chi connectivity index (χ0v) is 16.2. The molecule has 0 unspecified atom stereocenters. The van der Waals surface area contributed by atoms with Crippen LogP contribution in [0.2, 0.25) is 10.0 Å². The van der Waals surface area contributed by atoms with Crippen molar-refractivity contribution in [2.24, 2.45) is 0 Å². The smallest absolute Gasteiger partial charge is 0.296 e. The average molecular weight is 404 g/mol. The van der Waals surface area contributed by atoms with Crippen LogP contribution in [0.1, 0.15) is 15.9 Å². The van der Waals surface area contributed by atoms with Gasteiger partial charge in [0.25, 0.3) is 5.78 Å². The van der Waals surface area contributed by atoms with E-state index in [0.29, 0.717) is 34.5 Å². The SMILES string of the molecule is O=C1C(=O)N(CN2CCN(Cc3c(Cl)cccc3Cl)CC2)c2ccccc21. The topological polar surface area (TPSA) is 43.9 Å². The normalized spacial score (nSPS) is 18.2. The Hall–Kier alpha value is -1.92. The third kappa shape index (κ3) is 3.60. The van der Waals surface area contributed by atoms with Gasteiger partial charge in [0, 0.05) is 48.3 Å². The molecule has 0 atom stereocenters. The van der Waals surface area contributed by atoms with Crippen LogP contribution in [0.4, 0.5) is 5.69 Å². The van der Waals surface area contributed by atoms with E-state index in [9.17, 15) is 9.59 Å². The van der Waals surface area contributed by atoms with E-state index in [1.165, 1.54) is 0 Å². The number of carbonyl (C=O) groups excluding carboxylic acids is 2. The Morgan fingerprint density at radius 1 is 0.815 bits per heavy atom.